The molecule has 0 aliphatic rings. The van der Waals surface area contributed by atoms with Gasteiger partial charge in [0, 0.05) is 19.2 Å². The third-order valence-corrected chi connectivity index (χ3v) is 6.24. The number of anilines is 1. The Labute approximate surface area is 217 Å². The molecule has 3 aromatic rings. The lowest BCUT2D eigenvalue weighted by atomic mass is 10.1. The monoisotopic (exact) mass is 529 g/mol. The number of phenolic OH excluding ortho intramolecular Hbond substituents is 1. The summed E-state index contributed by atoms with van der Waals surface area (Å²) in [5.74, 6) is -1.94. The molecule has 12 heteroatoms. The molecule has 196 valence electrons. The maximum Gasteiger partial charge on any atom is 0.330 e. The molecule has 0 saturated carbocycles. The summed E-state index contributed by atoms with van der Waals surface area (Å²) in [6.45, 7) is 3.62. The van der Waals surface area contributed by atoms with Gasteiger partial charge in [-0.2, -0.15) is 0 Å². The van der Waals surface area contributed by atoms with Gasteiger partial charge >= 0.3 is 5.97 Å². The van der Waals surface area contributed by atoms with Crippen LogP contribution in [0.2, 0.25) is 0 Å². The summed E-state index contributed by atoms with van der Waals surface area (Å²) in [6, 6.07) is 6.20. The van der Waals surface area contributed by atoms with Gasteiger partial charge in [0.25, 0.3) is 11.8 Å². The number of aromatic nitrogens is 2. The Morgan fingerprint density at radius 3 is 2.49 bits per heavy atom. The van der Waals surface area contributed by atoms with Gasteiger partial charge in [-0.25, -0.2) is 19.2 Å². The van der Waals surface area contributed by atoms with Crippen molar-refractivity contribution < 1.29 is 28.6 Å². The summed E-state index contributed by atoms with van der Waals surface area (Å²) in [4.78, 5) is 46.6. The van der Waals surface area contributed by atoms with Crippen LogP contribution in [0.5, 0.6) is 5.75 Å². The SMILES string of the molecule is COC(=O)[C@H](CNC(=O)c1cccs1)NC(=O)c1c(C)nc(NCCCc2cc(O)cc(F)c2)nc1C. The number of benzene rings is 1. The van der Waals surface area contributed by atoms with Gasteiger partial charge in [-0.05, 0) is 55.8 Å². The van der Waals surface area contributed by atoms with Crippen molar-refractivity contribution in [2.45, 2.75) is 32.7 Å². The molecule has 0 saturated heterocycles. The highest BCUT2D eigenvalue weighted by atomic mass is 32.1. The first-order valence-electron chi connectivity index (χ1n) is 11.5. The fourth-order valence-corrected chi connectivity index (χ4v) is 4.29. The number of nitrogens with zero attached hydrogens (tertiary/aromatic N) is 2. The van der Waals surface area contributed by atoms with E-state index in [1.165, 1.54) is 30.6 Å². The summed E-state index contributed by atoms with van der Waals surface area (Å²) in [7, 11) is 1.19. The zero-order chi connectivity index (χ0) is 26.9. The number of hydrogen-bond donors (Lipinski definition) is 4. The molecule has 1 atom stereocenters. The van der Waals surface area contributed by atoms with Crippen molar-refractivity contribution in [2.24, 2.45) is 0 Å². The Morgan fingerprint density at radius 2 is 1.86 bits per heavy atom. The van der Waals surface area contributed by atoms with E-state index < -0.39 is 23.7 Å². The number of methoxy groups -OCH3 is 1. The maximum absolute atomic E-state index is 13.4. The number of rotatable bonds is 11. The van der Waals surface area contributed by atoms with E-state index in [9.17, 15) is 23.9 Å². The molecule has 0 fully saturated rings. The van der Waals surface area contributed by atoms with E-state index in [-0.39, 0.29) is 23.8 Å². The molecular weight excluding hydrogens is 501 g/mol. The molecule has 3 rings (SSSR count). The Hall–Kier alpha value is -4.06. The van der Waals surface area contributed by atoms with Crippen molar-refractivity contribution in [1.29, 1.82) is 0 Å². The molecular formula is C25H28FN5O5S. The van der Waals surface area contributed by atoms with Crippen LogP contribution in [0.25, 0.3) is 0 Å². The molecule has 0 aliphatic carbocycles. The lowest BCUT2D eigenvalue weighted by molar-refractivity contribution is -0.142. The molecule has 2 heterocycles. The topological polar surface area (TPSA) is 143 Å². The number of carbonyl (C=O) groups is 3. The molecule has 2 amide bonds. The number of aromatic hydroxyl groups is 1. The first kappa shape index (κ1) is 27.5. The summed E-state index contributed by atoms with van der Waals surface area (Å²) < 4.78 is 18.2. The minimum Gasteiger partial charge on any atom is -0.508 e. The lowest BCUT2D eigenvalue weighted by Crippen LogP contribution is -2.49. The normalized spacial score (nSPS) is 11.5. The first-order valence-corrected chi connectivity index (χ1v) is 12.3. The first-order chi connectivity index (χ1) is 17.7. The quantitative estimate of drug-likeness (QED) is 0.219. The zero-order valence-corrected chi connectivity index (χ0v) is 21.4. The highest BCUT2D eigenvalue weighted by Gasteiger charge is 2.25. The van der Waals surface area contributed by atoms with Crippen molar-refractivity contribution in [3.63, 3.8) is 0 Å². The highest BCUT2D eigenvalue weighted by molar-refractivity contribution is 7.12. The molecule has 10 nitrogen and oxygen atoms in total. The summed E-state index contributed by atoms with van der Waals surface area (Å²) in [5, 5.41) is 19.5. The van der Waals surface area contributed by atoms with E-state index in [4.69, 9.17) is 4.74 Å². The summed E-state index contributed by atoms with van der Waals surface area (Å²) in [6.07, 6.45) is 1.17. The van der Waals surface area contributed by atoms with Gasteiger partial charge < -0.3 is 25.8 Å². The largest absolute Gasteiger partial charge is 0.508 e. The number of hydrogen-bond acceptors (Lipinski definition) is 9. The van der Waals surface area contributed by atoms with E-state index in [1.54, 1.807) is 31.4 Å². The number of ether oxygens (including phenoxy) is 1. The number of amides is 2. The number of phenols is 1. The fourth-order valence-electron chi connectivity index (χ4n) is 3.65. The number of aryl methyl sites for hydroxylation is 3. The molecule has 0 aliphatic heterocycles. The van der Waals surface area contributed by atoms with Gasteiger partial charge in [0.05, 0.1) is 28.9 Å². The second-order valence-electron chi connectivity index (χ2n) is 8.18. The van der Waals surface area contributed by atoms with Gasteiger partial charge in [0.15, 0.2) is 0 Å². The number of halogens is 1. The average Bonchev–Trinajstić information content (AvgIpc) is 3.38. The Kier molecular flexibility index (Phi) is 9.50. The highest BCUT2D eigenvalue weighted by Crippen LogP contribution is 2.17. The standard InChI is InChI=1S/C25H28FN5O5S/c1-14-21(23(34)31-19(24(35)36-3)13-28-22(33)20-7-5-9-37-20)15(2)30-25(29-14)27-8-4-6-16-10-17(26)12-18(32)11-16/h5,7,9-12,19,32H,4,6,8,13H2,1-3H3,(H,28,33)(H,31,34)(H,27,29,30)/t19-/m0/s1. The van der Waals surface area contributed by atoms with Gasteiger partial charge in [-0.15, -0.1) is 11.3 Å². The van der Waals surface area contributed by atoms with E-state index in [0.29, 0.717) is 47.2 Å². The molecule has 4 N–H and O–H groups in total. The summed E-state index contributed by atoms with van der Waals surface area (Å²) >= 11 is 1.26. The smallest absolute Gasteiger partial charge is 0.330 e. The third kappa shape index (κ3) is 7.71. The minimum absolute atomic E-state index is 0.120. The van der Waals surface area contributed by atoms with Crippen LogP contribution in [0.15, 0.2) is 35.7 Å². The van der Waals surface area contributed by atoms with Crippen molar-refractivity contribution in [3.05, 3.63) is 68.9 Å². The van der Waals surface area contributed by atoms with Crippen molar-refractivity contribution in [1.82, 2.24) is 20.6 Å². The van der Waals surface area contributed by atoms with Crippen LogP contribution in [0, 0.1) is 19.7 Å². The Morgan fingerprint density at radius 1 is 1.14 bits per heavy atom. The second kappa shape index (κ2) is 12.8. The van der Waals surface area contributed by atoms with Gasteiger partial charge in [0.2, 0.25) is 5.95 Å². The predicted octanol–water partition coefficient (Wildman–Crippen LogP) is 2.75. The van der Waals surface area contributed by atoms with Crippen molar-refractivity contribution in [3.8, 4) is 5.75 Å². The fraction of sp³-hybridized carbons (Fsp3) is 0.320. The van der Waals surface area contributed by atoms with Crippen molar-refractivity contribution in [2.75, 3.05) is 25.5 Å². The Balaban J connectivity index is 1.59. The summed E-state index contributed by atoms with van der Waals surface area (Å²) in [5.41, 5.74) is 1.67. The van der Waals surface area contributed by atoms with Crippen LogP contribution in [0.3, 0.4) is 0 Å². The van der Waals surface area contributed by atoms with Crippen LogP contribution < -0.4 is 16.0 Å². The number of carbonyl (C=O) groups excluding carboxylic acids is 3. The third-order valence-electron chi connectivity index (χ3n) is 5.37. The van der Waals surface area contributed by atoms with E-state index in [0.717, 1.165) is 6.07 Å². The molecule has 0 spiro atoms. The maximum atomic E-state index is 13.4. The predicted molar refractivity (Wildman–Crippen MR) is 136 cm³/mol. The minimum atomic E-state index is -1.11. The second-order valence-corrected chi connectivity index (χ2v) is 9.13. The number of thiophene rings is 1. The lowest BCUT2D eigenvalue weighted by Gasteiger charge is -2.18. The Bertz CT molecular complexity index is 1230. The molecule has 0 radical (unpaired) electrons. The average molecular weight is 530 g/mol. The van der Waals surface area contributed by atoms with Crippen LogP contribution >= 0.6 is 11.3 Å². The molecule has 1 aromatic carbocycles. The molecule has 0 unspecified atom stereocenters. The van der Waals surface area contributed by atoms with Crippen LogP contribution in [-0.4, -0.2) is 59.1 Å². The van der Waals surface area contributed by atoms with E-state index in [1.807, 2.05) is 0 Å². The van der Waals surface area contributed by atoms with Crippen molar-refractivity contribution >= 4 is 35.1 Å². The van der Waals surface area contributed by atoms with Gasteiger partial charge in [-0.1, -0.05) is 6.07 Å². The van der Waals surface area contributed by atoms with Gasteiger partial charge in [0.1, 0.15) is 17.6 Å². The van der Waals surface area contributed by atoms with Crippen LogP contribution in [0.4, 0.5) is 10.3 Å². The van der Waals surface area contributed by atoms with Crippen LogP contribution in [0.1, 0.15) is 43.4 Å². The van der Waals surface area contributed by atoms with E-state index in [2.05, 4.69) is 25.9 Å². The van der Waals surface area contributed by atoms with E-state index >= 15 is 0 Å². The number of esters is 1. The molecule has 37 heavy (non-hydrogen) atoms. The van der Waals surface area contributed by atoms with Crippen LogP contribution in [-0.2, 0) is 16.0 Å². The number of nitrogens with one attached hydrogen (secondary N) is 3. The molecule has 0 bridgehead atoms. The van der Waals surface area contributed by atoms with Gasteiger partial charge in [-0.3, -0.25) is 9.59 Å². The molecule has 2 aromatic heterocycles. The zero-order valence-electron chi connectivity index (χ0n) is 20.6.